The third-order valence-electron chi connectivity index (χ3n) is 3.91. The van der Waals surface area contributed by atoms with E-state index in [0.29, 0.717) is 32.2 Å². The molecule has 0 aliphatic carbocycles. The van der Waals surface area contributed by atoms with E-state index in [1.807, 2.05) is 6.07 Å². The molecule has 1 fully saturated rings. The van der Waals surface area contributed by atoms with Gasteiger partial charge in [-0.2, -0.15) is 0 Å². The van der Waals surface area contributed by atoms with Gasteiger partial charge in [-0.25, -0.2) is 0 Å². The summed E-state index contributed by atoms with van der Waals surface area (Å²) in [4.78, 5) is 24.6. The molecule has 0 spiro atoms. The largest absolute Gasteiger partial charge is 0.497 e. The third-order valence-corrected chi connectivity index (χ3v) is 5.88. The second-order valence-electron chi connectivity index (χ2n) is 5.95. The molecular formula is C20H17IN2O5S2. The second-order valence-corrected chi connectivity index (χ2v) is 8.83. The number of halogens is 1. The van der Waals surface area contributed by atoms with Crippen molar-refractivity contribution in [1.29, 1.82) is 0 Å². The quantitative estimate of drug-likeness (QED) is 0.305. The number of carbonyl (C=O) groups excluding carboxylic acids is 2. The summed E-state index contributed by atoms with van der Waals surface area (Å²) < 4.78 is 17.4. The highest BCUT2D eigenvalue weighted by atomic mass is 127. The van der Waals surface area contributed by atoms with Crippen LogP contribution in [0.1, 0.15) is 5.56 Å². The van der Waals surface area contributed by atoms with Crippen LogP contribution in [0.5, 0.6) is 17.2 Å². The predicted octanol–water partition coefficient (Wildman–Crippen LogP) is 3.81. The Morgan fingerprint density at radius 2 is 1.97 bits per heavy atom. The topological polar surface area (TPSA) is 85.9 Å². The van der Waals surface area contributed by atoms with E-state index >= 15 is 0 Å². The third kappa shape index (κ3) is 5.64. The van der Waals surface area contributed by atoms with Gasteiger partial charge in [-0.3, -0.25) is 9.59 Å². The summed E-state index contributed by atoms with van der Waals surface area (Å²) in [6, 6.07) is 10.6. The van der Waals surface area contributed by atoms with Crippen molar-refractivity contribution in [2.24, 2.45) is 0 Å². The first-order valence-corrected chi connectivity index (χ1v) is 10.9. The number of hydrogen-bond acceptors (Lipinski definition) is 7. The predicted molar refractivity (Wildman–Crippen MR) is 129 cm³/mol. The van der Waals surface area contributed by atoms with Gasteiger partial charge in [-0.05, 0) is 70.6 Å². The van der Waals surface area contributed by atoms with E-state index in [2.05, 4.69) is 33.2 Å². The van der Waals surface area contributed by atoms with E-state index in [1.54, 1.807) is 43.5 Å². The van der Waals surface area contributed by atoms with Gasteiger partial charge < -0.3 is 24.8 Å². The smallest absolute Gasteiger partial charge is 0.263 e. The second kappa shape index (κ2) is 10.1. The normalized spacial score (nSPS) is 14.4. The molecule has 10 heteroatoms. The molecule has 3 rings (SSSR count). The molecule has 1 aliphatic heterocycles. The standard InChI is InChI=1S/C20H17IN2O5S2/c1-26-13-5-3-12(4-6-13)22-17(24)10-28-18-14(21)7-11(8-15(18)27-2)9-16-19(25)23-20(29)30-16/h3-9H,10H2,1-2H3,(H,22,24)(H,23,25,29)/b16-9-. The number of amides is 2. The first-order chi connectivity index (χ1) is 14.4. The molecule has 2 aromatic rings. The highest BCUT2D eigenvalue weighted by Gasteiger charge is 2.22. The summed E-state index contributed by atoms with van der Waals surface area (Å²) in [7, 11) is 3.09. The lowest BCUT2D eigenvalue weighted by molar-refractivity contribution is -0.118. The lowest BCUT2D eigenvalue weighted by Gasteiger charge is -2.14. The molecule has 0 radical (unpaired) electrons. The molecule has 1 aliphatic rings. The Morgan fingerprint density at radius 3 is 2.57 bits per heavy atom. The monoisotopic (exact) mass is 556 g/mol. The van der Waals surface area contributed by atoms with Crippen molar-refractivity contribution in [3.05, 3.63) is 50.4 Å². The number of benzene rings is 2. The van der Waals surface area contributed by atoms with Gasteiger partial charge in [0, 0.05) is 5.69 Å². The highest BCUT2D eigenvalue weighted by molar-refractivity contribution is 14.1. The Morgan fingerprint density at radius 1 is 1.23 bits per heavy atom. The Hall–Kier alpha value is -2.31. The zero-order chi connectivity index (χ0) is 21.7. The van der Waals surface area contributed by atoms with E-state index < -0.39 is 0 Å². The minimum atomic E-state index is -0.309. The summed E-state index contributed by atoms with van der Waals surface area (Å²) in [5.74, 6) is 1.07. The lowest BCUT2D eigenvalue weighted by Crippen LogP contribution is -2.20. The summed E-state index contributed by atoms with van der Waals surface area (Å²) in [6.07, 6.45) is 1.73. The van der Waals surface area contributed by atoms with Crippen molar-refractivity contribution >= 4 is 74.5 Å². The van der Waals surface area contributed by atoms with Gasteiger partial charge in [0.25, 0.3) is 11.8 Å². The molecule has 30 heavy (non-hydrogen) atoms. The van der Waals surface area contributed by atoms with Gasteiger partial charge in [-0.1, -0.05) is 24.0 Å². The molecule has 0 aromatic heterocycles. The number of ether oxygens (including phenoxy) is 3. The summed E-state index contributed by atoms with van der Waals surface area (Å²) in [5, 5.41) is 5.34. The van der Waals surface area contributed by atoms with Gasteiger partial charge in [-0.15, -0.1) is 0 Å². The van der Waals surface area contributed by atoms with Crippen LogP contribution in [0.25, 0.3) is 6.08 Å². The maximum absolute atomic E-state index is 12.2. The molecule has 1 heterocycles. The van der Waals surface area contributed by atoms with Gasteiger partial charge in [0.2, 0.25) is 0 Å². The summed E-state index contributed by atoms with van der Waals surface area (Å²) in [5.41, 5.74) is 1.40. The lowest BCUT2D eigenvalue weighted by atomic mass is 10.2. The van der Waals surface area contributed by atoms with Crippen molar-refractivity contribution in [2.75, 3.05) is 26.1 Å². The number of hydrogen-bond donors (Lipinski definition) is 2. The number of carbonyl (C=O) groups is 2. The van der Waals surface area contributed by atoms with Crippen molar-refractivity contribution in [1.82, 2.24) is 5.32 Å². The van der Waals surface area contributed by atoms with Gasteiger partial charge in [0.15, 0.2) is 18.1 Å². The Labute approximate surface area is 196 Å². The van der Waals surface area contributed by atoms with E-state index in [9.17, 15) is 9.59 Å². The van der Waals surface area contributed by atoms with E-state index in [-0.39, 0.29) is 18.4 Å². The molecule has 0 saturated carbocycles. The number of rotatable bonds is 7. The average molecular weight is 556 g/mol. The van der Waals surface area contributed by atoms with Gasteiger partial charge in [0.05, 0.1) is 22.7 Å². The number of nitrogens with one attached hydrogen (secondary N) is 2. The number of thiocarbonyl (C=S) groups is 1. The van der Waals surface area contributed by atoms with Crippen molar-refractivity contribution in [3.63, 3.8) is 0 Å². The molecule has 0 atom stereocenters. The number of thioether (sulfide) groups is 1. The van der Waals surface area contributed by atoms with E-state index in [0.717, 1.165) is 9.13 Å². The molecule has 0 unspecified atom stereocenters. The van der Waals surface area contributed by atoms with E-state index in [4.69, 9.17) is 26.4 Å². The SMILES string of the molecule is COc1ccc(NC(=O)COc2c(I)cc(/C=C3\SC(=S)NC3=O)cc2OC)cc1. The van der Waals surface area contributed by atoms with Crippen molar-refractivity contribution in [3.8, 4) is 17.2 Å². The number of anilines is 1. The molecule has 0 bridgehead atoms. The first kappa shape index (κ1) is 22.4. The highest BCUT2D eigenvalue weighted by Crippen LogP contribution is 2.36. The van der Waals surface area contributed by atoms with Crippen LogP contribution in [0.4, 0.5) is 5.69 Å². The maximum atomic E-state index is 12.2. The van der Waals surface area contributed by atoms with Gasteiger partial charge >= 0.3 is 0 Å². The minimum Gasteiger partial charge on any atom is -0.497 e. The zero-order valence-electron chi connectivity index (χ0n) is 16.0. The molecule has 2 aromatic carbocycles. The Balaban J connectivity index is 1.69. The molecular weight excluding hydrogens is 539 g/mol. The summed E-state index contributed by atoms with van der Waals surface area (Å²) in [6.45, 7) is -0.189. The molecule has 2 N–H and O–H groups in total. The zero-order valence-corrected chi connectivity index (χ0v) is 19.8. The van der Waals surface area contributed by atoms with Crippen molar-refractivity contribution in [2.45, 2.75) is 0 Å². The van der Waals surface area contributed by atoms with Crippen LogP contribution in [0, 0.1) is 3.57 Å². The van der Waals surface area contributed by atoms with E-state index in [1.165, 1.54) is 18.9 Å². The van der Waals surface area contributed by atoms with Crippen LogP contribution in [-0.2, 0) is 9.59 Å². The van der Waals surface area contributed by atoms with Crippen LogP contribution < -0.4 is 24.8 Å². The van der Waals surface area contributed by atoms with Crippen LogP contribution >= 0.6 is 46.6 Å². The summed E-state index contributed by atoms with van der Waals surface area (Å²) >= 11 is 8.30. The number of methoxy groups -OCH3 is 2. The van der Waals surface area contributed by atoms with Crippen LogP contribution in [0.3, 0.4) is 0 Å². The van der Waals surface area contributed by atoms with Crippen molar-refractivity contribution < 1.29 is 23.8 Å². The minimum absolute atomic E-state index is 0.189. The average Bonchev–Trinajstić information content (AvgIpc) is 3.04. The Bertz CT molecular complexity index is 1020. The molecule has 1 saturated heterocycles. The van der Waals surface area contributed by atoms with Crippen LogP contribution in [0.15, 0.2) is 41.3 Å². The van der Waals surface area contributed by atoms with Crippen LogP contribution in [0.2, 0.25) is 0 Å². The maximum Gasteiger partial charge on any atom is 0.263 e. The molecule has 2 amide bonds. The van der Waals surface area contributed by atoms with Crippen LogP contribution in [-0.4, -0.2) is 37.0 Å². The molecule has 156 valence electrons. The fraction of sp³-hybridized carbons (Fsp3) is 0.150. The fourth-order valence-corrected chi connectivity index (χ4v) is 4.37. The fourth-order valence-electron chi connectivity index (χ4n) is 2.54. The Kier molecular flexibility index (Phi) is 7.56. The molecule has 7 nitrogen and oxygen atoms in total. The van der Waals surface area contributed by atoms with Gasteiger partial charge in [0.1, 0.15) is 10.1 Å². The first-order valence-electron chi connectivity index (χ1n) is 8.58.